The highest BCUT2D eigenvalue weighted by molar-refractivity contribution is 5.53. The normalized spacial score (nSPS) is 10.9. The van der Waals surface area contributed by atoms with E-state index in [1.807, 2.05) is 0 Å². The van der Waals surface area contributed by atoms with Crippen LogP contribution in [0.3, 0.4) is 0 Å². The van der Waals surface area contributed by atoms with Gasteiger partial charge in [-0.3, -0.25) is 0 Å². The first-order valence-electron chi connectivity index (χ1n) is 7.65. The number of nitrogens with one attached hydrogen (secondary N) is 1. The molecule has 0 unspecified atom stereocenters. The summed E-state index contributed by atoms with van der Waals surface area (Å²) in [6, 6.07) is 17.7. The quantitative estimate of drug-likeness (QED) is 0.857. The van der Waals surface area contributed by atoms with Gasteiger partial charge in [0, 0.05) is 31.9 Å². The zero-order chi connectivity index (χ0) is 15.2. The number of benzene rings is 2. The number of rotatable bonds is 6. The van der Waals surface area contributed by atoms with Crippen molar-refractivity contribution in [2.45, 2.75) is 39.9 Å². The van der Waals surface area contributed by atoms with Crippen LogP contribution in [0.2, 0.25) is 0 Å². The van der Waals surface area contributed by atoms with Gasteiger partial charge >= 0.3 is 0 Å². The molecule has 1 N–H and O–H groups in total. The molecule has 0 saturated carbocycles. The van der Waals surface area contributed by atoms with Gasteiger partial charge in [-0.25, -0.2) is 0 Å². The molecule has 0 radical (unpaired) electrons. The van der Waals surface area contributed by atoms with Gasteiger partial charge in [0.2, 0.25) is 0 Å². The molecule has 0 atom stereocenters. The van der Waals surface area contributed by atoms with Gasteiger partial charge in [-0.2, -0.15) is 0 Å². The van der Waals surface area contributed by atoms with Crippen LogP contribution in [0.25, 0.3) is 0 Å². The Hall–Kier alpha value is -1.80. The Labute approximate surface area is 128 Å². The molecule has 0 aliphatic rings. The molecule has 0 amide bonds. The molecule has 0 saturated heterocycles. The first-order chi connectivity index (χ1) is 10.1. The van der Waals surface area contributed by atoms with Crippen LogP contribution in [0.1, 0.15) is 30.5 Å². The van der Waals surface area contributed by atoms with Gasteiger partial charge in [0.25, 0.3) is 0 Å². The Kier molecular flexibility index (Phi) is 5.40. The topological polar surface area (TPSA) is 15.3 Å². The minimum absolute atomic E-state index is 0.507. The Morgan fingerprint density at radius 1 is 0.952 bits per heavy atom. The highest BCUT2D eigenvalue weighted by Gasteiger charge is 2.08. The molecule has 0 spiro atoms. The van der Waals surface area contributed by atoms with Gasteiger partial charge in [0.1, 0.15) is 0 Å². The third-order valence-electron chi connectivity index (χ3n) is 3.75. The summed E-state index contributed by atoms with van der Waals surface area (Å²) in [6.45, 7) is 8.39. The molecule has 112 valence electrons. The summed E-state index contributed by atoms with van der Waals surface area (Å²) in [7, 11) is 2.16. The predicted molar refractivity (Wildman–Crippen MR) is 91.7 cm³/mol. The number of hydrogen-bond acceptors (Lipinski definition) is 2. The summed E-state index contributed by atoms with van der Waals surface area (Å²) in [5, 5.41) is 3.51. The minimum atomic E-state index is 0.507. The second kappa shape index (κ2) is 7.28. The molecular weight excluding hydrogens is 256 g/mol. The van der Waals surface area contributed by atoms with E-state index in [9.17, 15) is 0 Å². The molecule has 2 nitrogen and oxygen atoms in total. The second-order valence-electron chi connectivity index (χ2n) is 5.95. The van der Waals surface area contributed by atoms with Crippen LogP contribution in [0, 0.1) is 6.92 Å². The number of para-hydroxylation sites is 1. The lowest BCUT2D eigenvalue weighted by atomic mass is 10.1. The van der Waals surface area contributed by atoms with Gasteiger partial charge in [-0.1, -0.05) is 56.3 Å². The van der Waals surface area contributed by atoms with Gasteiger partial charge in [0.05, 0.1) is 0 Å². The van der Waals surface area contributed by atoms with E-state index in [4.69, 9.17) is 0 Å². The molecule has 0 aromatic heterocycles. The monoisotopic (exact) mass is 282 g/mol. The van der Waals surface area contributed by atoms with Gasteiger partial charge < -0.3 is 10.2 Å². The lowest BCUT2D eigenvalue weighted by Gasteiger charge is -2.23. The largest absolute Gasteiger partial charge is 0.370 e. The van der Waals surface area contributed by atoms with Crippen molar-refractivity contribution in [1.29, 1.82) is 0 Å². The first-order valence-corrected chi connectivity index (χ1v) is 7.65. The van der Waals surface area contributed by atoms with E-state index in [0.717, 1.165) is 13.1 Å². The Bertz CT molecular complexity index is 575. The summed E-state index contributed by atoms with van der Waals surface area (Å²) in [5.74, 6) is 0. The van der Waals surface area contributed by atoms with Crippen molar-refractivity contribution < 1.29 is 0 Å². The van der Waals surface area contributed by atoms with E-state index in [1.165, 1.54) is 22.4 Å². The summed E-state index contributed by atoms with van der Waals surface area (Å²) in [5.41, 5.74) is 5.38. The number of aryl methyl sites for hydroxylation is 1. The summed E-state index contributed by atoms with van der Waals surface area (Å²) in [6.07, 6.45) is 0. The fraction of sp³-hybridized carbons (Fsp3) is 0.368. The van der Waals surface area contributed by atoms with E-state index in [1.54, 1.807) is 0 Å². The second-order valence-corrected chi connectivity index (χ2v) is 5.95. The van der Waals surface area contributed by atoms with Crippen molar-refractivity contribution >= 4 is 5.69 Å². The van der Waals surface area contributed by atoms with Crippen LogP contribution < -0.4 is 10.2 Å². The van der Waals surface area contributed by atoms with E-state index < -0.39 is 0 Å². The summed E-state index contributed by atoms with van der Waals surface area (Å²) < 4.78 is 0. The third kappa shape index (κ3) is 4.33. The van der Waals surface area contributed by atoms with Crippen molar-refractivity contribution in [2.75, 3.05) is 11.9 Å². The van der Waals surface area contributed by atoms with Crippen LogP contribution in [0.5, 0.6) is 0 Å². The van der Waals surface area contributed by atoms with Gasteiger partial charge in [-0.15, -0.1) is 0 Å². The number of hydrogen-bond donors (Lipinski definition) is 1. The van der Waals surface area contributed by atoms with E-state index in [-0.39, 0.29) is 0 Å². The zero-order valence-electron chi connectivity index (χ0n) is 13.6. The average Bonchev–Trinajstić information content (AvgIpc) is 2.46. The van der Waals surface area contributed by atoms with Crippen molar-refractivity contribution in [3.63, 3.8) is 0 Å². The first kappa shape index (κ1) is 15.6. The van der Waals surface area contributed by atoms with Crippen LogP contribution in [0.4, 0.5) is 5.69 Å². The average molecular weight is 282 g/mol. The molecule has 2 aromatic carbocycles. The standard InChI is InChI=1S/C19H26N2/c1-15(2)20-13-17-10-6-7-11-18(17)14-21(4)19-12-8-5-9-16(19)3/h5-12,15,20H,13-14H2,1-4H3. The molecule has 0 fully saturated rings. The SMILES string of the molecule is Cc1ccccc1N(C)Cc1ccccc1CNC(C)C. The lowest BCUT2D eigenvalue weighted by molar-refractivity contribution is 0.586. The molecule has 2 aromatic rings. The fourth-order valence-electron chi connectivity index (χ4n) is 2.53. The molecule has 2 rings (SSSR count). The van der Waals surface area contributed by atoms with Crippen LogP contribution in [-0.2, 0) is 13.1 Å². The van der Waals surface area contributed by atoms with Crippen molar-refractivity contribution in [3.8, 4) is 0 Å². The summed E-state index contributed by atoms with van der Waals surface area (Å²) >= 11 is 0. The van der Waals surface area contributed by atoms with Gasteiger partial charge in [-0.05, 0) is 29.7 Å². The number of anilines is 1. The highest BCUT2D eigenvalue weighted by Crippen LogP contribution is 2.21. The molecular formula is C19H26N2. The van der Waals surface area contributed by atoms with Crippen molar-refractivity contribution in [2.24, 2.45) is 0 Å². The van der Waals surface area contributed by atoms with Crippen LogP contribution in [0.15, 0.2) is 48.5 Å². The van der Waals surface area contributed by atoms with Crippen molar-refractivity contribution in [3.05, 3.63) is 65.2 Å². The van der Waals surface area contributed by atoms with Gasteiger partial charge in [0.15, 0.2) is 0 Å². The van der Waals surface area contributed by atoms with E-state index in [0.29, 0.717) is 6.04 Å². The van der Waals surface area contributed by atoms with Crippen LogP contribution >= 0.6 is 0 Å². The van der Waals surface area contributed by atoms with Crippen LogP contribution in [-0.4, -0.2) is 13.1 Å². The Morgan fingerprint density at radius 3 is 2.24 bits per heavy atom. The zero-order valence-corrected chi connectivity index (χ0v) is 13.6. The summed E-state index contributed by atoms with van der Waals surface area (Å²) in [4.78, 5) is 2.32. The number of nitrogens with zero attached hydrogens (tertiary/aromatic N) is 1. The Balaban J connectivity index is 2.14. The molecule has 2 heteroatoms. The third-order valence-corrected chi connectivity index (χ3v) is 3.75. The minimum Gasteiger partial charge on any atom is -0.370 e. The molecule has 0 aliphatic carbocycles. The molecule has 0 heterocycles. The Morgan fingerprint density at radius 2 is 1.57 bits per heavy atom. The molecule has 21 heavy (non-hydrogen) atoms. The molecule has 0 bridgehead atoms. The van der Waals surface area contributed by atoms with E-state index in [2.05, 4.69) is 86.6 Å². The maximum Gasteiger partial charge on any atom is 0.0429 e. The lowest BCUT2D eigenvalue weighted by Crippen LogP contribution is -2.24. The molecule has 0 aliphatic heterocycles. The maximum absolute atomic E-state index is 3.51. The smallest absolute Gasteiger partial charge is 0.0429 e. The van der Waals surface area contributed by atoms with E-state index >= 15 is 0 Å². The van der Waals surface area contributed by atoms with Crippen molar-refractivity contribution in [1.82, 2.24) is 5.32 Å². The predicted octanol–water partition coefficient (Wildman–Crippen LogP) is 4.13. The maximum atomic E-state index is 3.51. The fourth-order valence-corrected chi connectivity index (χ4v) is 2.53. The highest BCUT2D eigenvalue weighted by atomic mass is 15.1.